The molecule has 5 aromatic rings. The minimum absolute atomic E-state index is 0.0516. The third kappa shape index (κ3) is 3.61. The quantitative estimate of drug-likeness (QED) is 0.177. The molecule has 3 heterocycles. The monoisotopic (exact) mass is 472 g/mol. The summed E-state index contributed by atoms with van der Waals surface area (Å²) in [7, 11) is 0. The van der Waals surface area contributed by atoms with Gasteiger partial charge in [0, 0.05) is 10.3 Å². The SMILES string of the molecule is O=C(CSc1nc2sc3c(c2c(=O)n1-c1ccccc1)CCCC3)c1cc2ccccc2o1. The van der Waals surface area contributed by atoms with Gasteiger partial charge in [-0.05, 0) is 55.5 Å². The Morgan fingerprint density at radius 3 is 2.70 bits per heavy atom. The molecule has 3 aromatic heterocycles. The molecule has 0 bridgehead atoms. The number of hydrogen-bond acceptors (Lipinski definition) is 6. The maximum atomic E-state index is 13.7. The summed E-state index contributed by atoms with van der Waals surface area (Å²) in [5, 5.41) is 2.17. The maximum Gasteiger partial charge on any atom is 0.267 e. The van der Waals surface area contributed by atoms with Crippen LogP contribution in [0.5, 0.6) is 0 Å². The molecule has 33 heavy (non-hydrogen) atoms. The Morgan fingerprint density at radius 1 is 1.06 bits per heavy atom. The van der Waals surface area contributed by atoms with Crippen molar-refractivity contribution in [3.05, 3.63) is 87.2 Å². The van der Waals surface area contributed by atoms with Crippen molar-refractivity contribution in [3.63, 3.8) is 0 Å². The van der Waals surface area contributed by atoms with Crippen LogP contribution >= 0.6 is 23.1 Å². The molecule has 1 aliphatic carbocycles. The minimum atomic E-state index is -0.129. The van der Waals surface area contributed by atoms with Crippen molar-refractivity contribution in [1.82, 2.24) is 9.55 Å². The summed E-state index contributed by atoms with van der Waals surface area (Å²) < 4.78 is 7.39. The van der Waals surface area contributed by atoms with Gasteiger partial charge < -0.3 is 4.42 Å². The Labute approximate surface area is 198 Å². The van der Waals surface area contributed by atoms with Crippen LogP contribution in [0, 0.1) is 0 Å². The van der Waals surface area contributed by atoms with E-state index in [1.54, 1.807) is 22.0 Å². The Morgan fingerprint density at radius 2 is 1.85 bits per heavy atom. The average molecular weight is 473 g/mol. The van der Waals surface area contributed by atoms with Crippen molar-refractivity contribution in [3.8, 4) is 5.69 Å². The predicted molar refractivity (Wildman–Crippen MR) is 133 cm³/mol. The maximum absolute atomic E-state index is 13.7. The number of carbonyl (C=O) groups is 1. The molecule has 7 heteroatoms. The molecule has 5 nitrogen and oxygen atoms in total. The number of ketones is 1. The number of fused-ring (bicyclic) bond motifs is 4. The van der Waals surface area contributed by atoms with Gasteiger partial charge >= 0.3 is 0 Å². The van der Waals surface area contributed by atoms with Crippen LogP contribution in [0.2, 0.25) is 0 Å². The van der Waals surface area contributed by atoms with Crippen molar-refractivity contribution in [2.24, 2.45) is 0 Å². The third-order valence-corrected chi connectivity index (χ3v) is 8.13. The standard InChI is InChI=1S/C26H20N2O3S2/c29-19(21-14-16-8-4-6-12-20(16)31-21)15-32-26-27-24-23(18-11-5-7-13-22(18)33-24)25(30)28(26)17-9-2-1-3-10-17/h1-4,6,8-10,12,14H,5,7,11,13,15H2. The van der Waals surface area contributed by atoms with E-state index >= 15 is 0 Å². The van der Waals surface area contributed by atoms with E-state index in [4.69, 9.17) is 9.40 Å². The van der Waals surface area contributed by atoms with E-state index < -0.39 is 0 Å². The Hall–Kier alpha value is -3.16. The van der Waals surface area contributed by atoms with Crippen LogP contribution in [0.3, 0.4) is 0 Å². The lowest BCUT2D eigenvalue weighted by Crippen LogP contribution is -2.22. The van der Waals surface area contributed by atoms with Gasteiger partial charge in [0.1, 0.15) is 10.4 Å². The highest BCUT2D eigenvalue weighted by atomic mass is 32.2. The van der Waals surface area contributed by atoms with Crippen LogP contribution in [0.4, 0.5) is 0 Å². The van der Waals surface area contributed by atoms with Crippen molar-refractivity contribution in [2.75, 3.05) is 5.75 Å². The highest BCUT2D eigenvalue weighted by molar-refractivity contribution is 7.99. The van der Waals surface area contributed by atoms with Crippen LogP contribution in [0.15, 0.2) is 75.0 Å². The number of furan rings is 1. The first-order chi connectivity index (χ1) is 16.2. The van der Waals surface area contributed by atoms with E-state index in [1.165, 1.54) is 22.2 Å². The van der Waals surface area contributed by atoms with E-state index in [0.29, 0.717) is 16.5 Å². The van der Waals surface area contributed by atoms with E-state index in [0.717, 1.165) is 47.0 Å². The zero-order valence-corrected chi connectivity index (χ0v) is 19.4. The Kier molecular flexibility index (Phi) is 5.15. The highest BCUT2D eigenvalue weighted by Gasteiger charge is 2.23. The summed E-state index contributed by atoms with van der Waals surface area (Å²) in [5.74, 6) is 0.330. The topological polar surface area (TPSA) is 65.1 Å². The number of thiophene rings is 1. The van der Waals surface area contributed by atoms with E-state index in [-0.39, 0.29) is 17.1 Å². The van der Waals surface area contributed by atoms with Gasteiger partial charge in [-0.25, -0.2) is 4.98 Å². The smallest absolute Gasteiger partial charge is 0.267 e. The van der Waals surface area contributed by atoms with Gasteiger partial charge in [-0.15, -0.1) is 11.3 Å². The molecule has 1 aliphatic rings. The first-order valence-corrected chi connectivity index (χ1v) is 12.8. The molecule has 0 atom stereocenters. The summed E-state index contributed by atoms with van der Waals surface area (Å²) >= 11 is 2.90. The van der Waals surface area contributed by atoms with E-state index in [2.05, 4.69) is 0 Å². The number of para-hydroxylation sites is 2. The second-order valence-electron chi connectivity index (χ2n) is 8.12. The fourth-order valence-corrected chi connectivity index (χ4v) is 6.59. The van der Waals surface area contributed by atoms with Gasteiger partial charge in [0.05, 0.1) is 16.8 Å². The molecule has 0 spiro atoms. The first kappa shape index (κ1) is 20.4. The molecule has 0 unspecified atom stereocenters. The van der Waals surface area contributed by atoms with Crippen molar-refractivity contribution >= 4 is 50.1 Å². The second kappa shape index (κ2) is 8.32. The lowest BCUT2D eigenvalue weighted by molar-refractivity contribution is 0.0994. The first-order valence-electron chi connectivity index (χ1n) is 11.0. The molecule has 0 fully saturated rings. The molecule has 0 amide bonds. The largest absolute Gasteiger partial charge is 0.453 e. The van der Waals surface area contributed by atoms with Gasteiger partial charge in [-0.3, -0.25) is 14.2 Å². The van der Waals surface area contributed by atoms with Crippen LogP contribution in [-0.4, -0.2) is 21.1 Å². The van der Waals surface area contributed by atoms with Crippen molar-refractivity contribution < 1.29 is 9.21 Å². The predicted octanol–water partition coefficient (Wildman–Crippen LogP) is 6.05. The lowest BCUT2D eigenvalue weighted by Gasteiger charge is -2.13. The van der Waals surface area contributed by atoms with Crippen molar-refractivity contribution in [1.29, 1.82) is 0 Å². The Balaban J connectivity index is 1.41. The fraction of sp³-hybridized carbons (Fsp3) is 0.192. The summed E-state index contributed by atoms with van der Waals surface area (Å²) in [6.45, 7) is 0. The lowest BCUT2D eigenvalue weighted by atomic mass is 9.97. The zero-order valence-electron chi connectivity index (χ0n) is 17.7. The number of rotatable bonds is 5. The van der Waals surface area contributed by atoms with Gasteiger partial charge in [0.2, 0.25) is 5.78 Å². The molecule has 2 aromatic carbocycles. The van der Waals surface area contributed by atoms with Crippen LogP contribution in [-0.2, 0) is 12.8 Å². The number of nitrogens with zero attached hydrogens (tertiary/aromatic N) is 2. The molecular weight excluding hydrogens is 452 g/mol. The molecule has 0 saturated carbocycles. The molecule has 0 saturated heterocycles. The molecule has 6 rings (SSSR count). The number of aryl methyl sites for hydroxylation is 2. The van der Waals surface area contributed by atoms with Gasteiger partial charge in [0.15, 0.2) is 10.9 Å². The minimum Gasteiger partial charge on any atom is -0.453 e. The highest BCUT2D eigenvalue weighted by Crippen LogP contribution is 2.35. The van der Waals surface area contributed by atoms with Crippen LogP contribution < -0.4 is 5.56 Å². The second-order valence-corrected chi connectivity index (χ2v) is 10.1. The average Bonchev–Trinajstić information content (AvgIpc) is 3.44. The van der Waals surface area contributed by atoms with Gasteiger partial charge in [-0.1, -0.05) is 48.2 Å². The molecular formula is C26H20N2O3S2. The van der Waals surface area contributed by atoms with Gasteiger partial charge in [-0.2, -0.15) is 0 Å². The number of aromatic nitrogens is 2. The summed E-state index contributed by atoms with van der Waals surface area (Å²) in [6, 6.07) is 18.9. The molecule has 164 valence electrons. The van der Waals surface area contributed by atoms with Crippen molar-refractivity contribution in [2.45, 2.75) is 30.8 Å². The molecule has 0 N–H and O–H groups in total. The van der Waals surface area contributed by atoms with Crippen LogP contribution in [0.1, 0.15) is 33.8 Å². The zero-order chi connectivity index (χ0) is 22.4. The summed E-state index contributed by atoms with van der Waals surface area (Å²) in [4.78, 5) is 33.6. The van der Waals surface area contributed by atoms with Gasteiger partial charge in [0.25, 0.3) is 5.56 Å². The number of benzene rings is 2. The normalized spacial score (nSPS) is 13.5. The number of Topliss-reactive ketones (excluding diaryl/α,β-unsaturated/α-hetero) is 1. The van der Waals surface area contributed by atoms with E-state index in [9.17, 15) is 9.59 Å². The number of hydrogen-bond donors (Lipinski definition) is 0. The van der Waals surface area contributed by atoms with Crippen LogP contribution in [0.25, 0.3) is 26.9 Å². The summed E-state index contributed by atoms with van der Waals surface area (Å²) in [5.41, 5.74) is 2.56. The van der Waals surface area contributed by atoms with E-state index in [1.807, 2.05) is 54.6 Å². The number of thioether (sulfide) groups is 1. The molecule has 0 aliphatic heterocycles. The fourth-order valence-electron chi connectivity index (χ4n) is 4.41. The molecule has 0 radical (unpaired) electrons. The summed E-state index contributed by atoms with van der Waals surface area (Å²) in [6.07, 6.45) is 4.19. The third-order valence-electron chi connectivity index (χ3n) is 6.01. The number of carbonyl (C=O) groups excluding carboxylic acids is 1. The Bertz CT molecular complexity index is 1530.